The molecule has 0 fully saturated rings. The number of amides is 1. The van der Waals surface area contributed by atoms with Crippen LogP contribution in [0.4, 0.5) is 0 Å². The van der Waals surface area contributed by atoms with Gasteiger partial charge in [-0.25, -0.2) is 0 Å². The summed E-state index contributed by atoms with van der Waals surface area (Å²) in [5, 5.41) is 9.17. The Bertz CT molecular complexity index is 570. The molecule has 2 aromatic heterocycles. The maximum Gasteiger partial charge on any atom is 0.265 e. The van der Waals surface area contributed by atoms with E-state index in [4.69, 9.17) is 0 Å². The van der Waals surface area contributed by atoms with Crippen molar-refractivity contribution in [3.63, 3.8) is 0 Å². The minimum Gasteiger partial charge on any atom is -0.343 e. The monoisotopic (exact) mass is 309 g/mol. The van der Waals surface area contributed by atoms with Gasteiger partial charge in [-0.2, -0.15) is 0 Å². The van der Waals surface area contributed by atoms with Gasteiger partial charge in [0.05, 0.1) is 11.7 Å². The number of thiophene rings is 1. The fourth-order valence-corrected chi connectivity index (χ4v) is 3.65. The molecule has 0 saturated heterocycles. The molecule has 0 aliphatic carbocycles. The summed E-state index contributed by atoms with van der Waals surface area (Å²) in [5.74, 6) is -0.0785. The lowest BCUT2D eigenvalue weighted by molar-refractivity contribution is 0.0906. The largest absolute Gasteiger partial charge is 0.343 e. The van der Waals surface area contributed by atoms with Crippen molar-refractivity contribution < 1.29 is 4.79 Å². The third-order valence-electron chi connectivity index (χ3n) is 3.07. The first-order valence-corrected chi connectivity index (χ1v) is 8.24. The predicted octanol–water partition coefficient (Wildman–Crippen LogP) is 3.68. The maximum atomic E-state index is 12.5. The molecular formula is C14H19N3OS2. The fourth-order valence-electron chi connectivity index (χ4n) is 1.98. The molecule has 2 aromatic rings. The highest BCUT2D eigenvalue weighted by Crippen LogP contribution is 2.35. The SMILES string of the molecule is CCc1nnsc1C(=O)N[C@H](c1cccs1)C(C)(C)C. The summed E-state index contributed by atoms with van der Waals surface area (Å²) in [6.45, 7) is 8.37. The normalized spacial score (nSPS) is 13.2. The second kappa shape index (κ2) is 6.01. The Labute approximate surface area is 127 Å². The molecule has 0 bridgehead atoms. The molecular weight excluding hydrogens is 290 g/mol. The number of hydrogen-bond acceptors (Lipinski definition) is 5. The van der Waals surface area contributed by atoms with Gasteiger partial charge in [-0.3, -0.25) is 4.79 Å². The molecule has 0 radical (unpaired) electrons. The average molecular weight is 309 g/mol. The molecule has 108 valence electrons. The zero-order valence-corrected chi connectivity index (χ0v) is 13.8. The van der Waals surface area contributed by atoms with Crippen LogP contribution in [-0.2, 0) is 6.42 Å². The topological polar surface area (TPSA) is 54.9 Å². The van der Waals surface area contributed by atoms with Gasteiger partial charge in [0.2, 0.25) is 0 Å². The number of rotatable bonds is 4. The van der Waals surface area contributed by atoms with E-state index in [1.165, 1.54) is 4.88 Å². The van der Waals surface area contributed by atoms with Gasteiger partial charge < -0.3 is 5.32 Å². The highest BCUT2D eigenvalue weighted by atomic mass is 32.1. The first-order valence-electron chi connectivity index (χ1n) is 6.59. The van der Waals surface area contributed by atoms with E-state index in [9.17, 15) is 4.79 Å². The number of carbonyl (C=O) groups is 1. The maximum absolute atomic E-state index is 12.5. The molecule has 0 aromatic carbocycles. The number of carbonyl (C=O) groups excluding carboxylic acids is 1. The van der Waals surface area contributed by atoms with Crippen molar-refractivity contribution in [3.05, 3.63) is 33.0 Å². The Balaban J connectivity index is 2.23. The van der Waals surface area contributed by atoms with Crippen molar-refractivity contribution in [2.75, 3.05) is 0 Å². The lowest BCUT2D eigenvalue weighted by Crippen LogP contribution is -2.36. The minimum atomic E-state index is -0.0785. The fraction of sp³-hybridized carbons (Fsp3) is 0.500. The van der Waals surface area contributed by atoms with Crippen molar-refractivity contribution in [1.29, 1.82) is 0 Å². The molecule has 2 rings (SSSR count). The van der Waals surface area contributed by atoms with Crippen LogP contribution in [0.25, 0.3) is 0 Å². The van der Waals surface area contributed by atoms with Crippen molar-refractivity contribution in [2.45, 2.75) is 40.2 Å². The van der Waals surface area contributed by atoms with Crippen LogP contribution in [0.5, 0.6) is 0 Å². The number of nitrogens with one attached hydrogen (secondary N) is 1. The molecule has 1 N–H and O–H groups in total. The van der Waals surface area contributed by atoms with E-state index in [0.29, 0.717) is 4.88 Å². The van der Waals surface area contributed by atoms with E-state index < -0.39 is 0 Å². The summed E-state index contributed by atoms with van der Waals surface area (Å²) in [7, 11) is 0. The molecule has 6 heteroatoms. The van der Waals surface area contributed by atoms with Crippen molar-refractivity contribution in [1.82, 2.24) is 14.9 Å². The molecule has 0 aliphatic rings. The van der Waals surface area contributed by atoms with Crippen LogP contribution < -0.4 is 5.32 Å². The van der Waals surface area contributed by atoms with Gasteiger partial charge in [0.25, 0.3) is 5.91 Å². The quantitative estimate of drug-likeness (QED) is 0.937. The van der Waals surface area contributed by atoms with Crippen LogP contribution in [0.3, 0.4) is 0 Å². The third kappa shape index (κ3) is 3.24. The number of aromatic nitrogens is 2. The molecule has 0 saturated carbocycles. The van der Waals surface area contributed by atoms with E-state index in [0.717, 1.165) is 23.6 Å². The van der Waals surface area contributed by atoms with Gasteiger partial charge in [-0.15, -0.1) is 16.4 Å². The van der Waals surface area contributed by atoms with Gasteiger partial charge in [-0.05, 0) is 34.8 Å². The molecule has 4 nitrogen and oxygen atoms in total. The van der Waals surface area contributed by atoms with Crippen molar-refractivity contribution in [3.8, 4) is 0 Å². The van der Waals surface area contributed by atoms with Crippen LogP contribution >= 0.6 is 22.9 Å². The Kier molecular flexibility index (Phi) is 4.55. The van der Waals surface area contributed by atoms with Crippen LogP contribution in [0.1, 0.15) is 54.0 Å². The van der Waals surface area contributed by atoms with E-state index in [2.05, 4.69) is 41.7 Å². The lowest BCUT2D eigenvalue weighted by atomic mass is 9.85. The summed E-state index contributed by atoms with van der Waals surface area (Å²) < 4.78 is 3.88. The molecule has 0 unspecified atom stereocenters. The second-order valence-corrected chi connectivity index (χ2v) is 7.42. The van der Waals surface area contributed by atoms with E-state index >= 15 is 0 Å². The van der Waals surface area contributed by atoms with Crippen LogP contribution in [0.2, 0.25) is 0 Å². The van der Waals surface area contributed by atoms with Crippen LogP contribution in [-0.4, -0.2) is 15.5 Å². The molecule has 0 spiro atoms. The van der Waals surface area contributed by atoms with E-state index in [1.54, 1.807) is 11.3 Å². The first-order chi connectivity index (χ1) is 9.43. The standard InChI is InChI=1S/C14H19N3OS2/c1-5-9-11(20-17-16-9)13(18)15-12(14(2,3)4)10-7-6-8-19-10/h6-8,12H,5H2,1-4H3,(H,15,18)/t12-/m1/s1. The van der Waals surface area contributed by atoms with Gasteiger partial charge >= 0.3 is 0 Å². The highest BCUT2D eigenvalue weighted by Gasteiger charge is 2.30. The van der Waals surface area contributed by atoms with Gasteiger partial charge in [0, 0.05) is 4.88 Å². The van der Waals surface area contributed by atoms with E-state index in [-0.39, 0.29) is 17.4 Å². The molecule has 2 heterocycles. The zero-order chi connectivity index (χ0) is 14.8. The Morgan fingerprint density at radius 1 is 1.45 bits per heavy atom. The summed E-state index contributed by atoms with van der Waals surface area (Å²) in [4.78, 5) is 14.3. The first kappa shape index (κ1) is 15.1. The molecule has 1 amide bonds. The predicted molar refractivity (Wildman–Crippen MR) is 83.3 cm³/mol. The number of nitrogens with zero attached hydrogens (tertiary/aromatic N) is 2. The third-order valence-corrected chi connectivity index (χ3v) is 4.77. The van der Waals surface area contributed by atoms with Gasteiger partial charge in [0.15, 0.2) is 0 Å². The summed E-state index contributed by atoms with van der Waals surface area (Å²) in [6, 6.07) is 4.06. The Morgan fingerprint density at radius 2 is 2.20 bits per heavy atom. The molecule has 1 atom stereocenters. The van der Waals surface area contributed by atoms with Crippen molar-refractivity contribution >= 4 is 28.8 Å². The Hall–Kier alpha value is -1.27. The molecule has 20 heavy (non-hydrogen) atoms. The number of aryl methyl sites for hydroxylation is 1. The lowest BCUT2D eigenvalue weighted by Gasteiger charge is -2.30. The second-order valence-electron chi connectivity index (χ2n) is 5.69. The van der Waals surface area contributed by atoms with Crippen molar-refractivity contribution in [2.24, 2.45) is 5.41 Å². The zero-order valence-electron chi connectivity index (χ0n) is 12.1. The highest BCUT2D eigenvalue weighted by molar-refractivity contribution is 7.10. The summed E-state index contributed by atoms with van der Waals surface area (Å²) in [5.41, 5.74) is 0.719. The molecule has 0 aliphatic heterocycles. The van der Waals surface area contributed by atoms with Gasteiger partial charge in [-0.1, -0.05) is 38.2 Å². The Morgan fingerprint density at radius 3 is 2.75 bits per heavy atom. The smallest absolute Gasteiger partial charge is 0.265 e. The number of hydrogen-bond donors (Lipinski definition) is 1. The van der Waals surface area contributed by atoms with Crippen LogP contribution in [0, 0.1) is 5.41 Å². The summed E-state index contributed by atoms with van der Waals surface area (Å²) in [6.07, 6.45) is 0.721. The summed E-state index contributed by atoms with van der Waals surface area (Å²) >= 11 is 2.83. The minimum absolute atomic E-state index is 0.0122. The van der Waals surface area contributed by atoms with Crippen LogP contribution in [0.15, 0.2) is 17.5 Å². The average Bonchev–Trinajstić information content (AvgIpc) is 3.04. The van der Waals surface area contributed by atoms with E-state index in [1.807, 2.05) is 18.4 Å². The van der Waals surface area contributed by atoms with Gasteiger partial charge in [0.1, 0.15) is 4.88 Å².